The van der Waals surface area contributed by atoms with Crippen LogP contribution in [0.2, 0.25) is 0 Å². The summed E-state index contributed by atoms with van der Waals surface area (Å²) >= 11 is 0. The molecule has 17 rings (SSSR count). The third-order valence-corrected chi connectivity index (χ3v) is 22.2. The molecule has 3 unspecified atom stereocenters. The van der Waals surface area contributed by atoms with Gasteiger partial charge in [0.2, 0.25) is 0 Å². The summed E-state index contributed by atoms with van der Waals surface area (Å²) < 4.78 is 10.1. The fourth-order valence-electron chi connectivity index (χ4n) is 18.0. The van der Waals surface area contributed by atoms with E-state index in [0.717, 1.165) is 24.9 Å². The van der Waals surface area contributed by atoms with Crippen molar-refractivity contribution in [2.45, 2.75) is 134 Å². The van der Waals surface area contributed by atoms with Crippen LogP contribution in [-0.2, 0) is 5.41 Å². The van der Waals surface area contributed by atoms with Crippen LogP contribution in [-0.4, -0.2) is 18.3 Å². The largest absolute Gasteiger partial charge is 0.333 e. The van der Waals surface area contributed by atoms with E-state index >= 15 is 0 Å². The van der Waals surface area contributed by atoms with Gasteiger partial charge in [0.05, 0.1) is 39.1 Å². The maximum atomic E-state index is 2.69. The summed E-state index contributed by atoms with van der Waals surface area (Å²) in [5.74, 6) is 0.313. The molecule has 0 aliphatic heterocycles. The van der Waals surface area contributed by atoms with Crippen LogP contribution in [0.5, 0.6) is 0 Å². The molecule has 4 aromatic heterocycles. The highest BCUT2D eigenvalue weighted by Gasteiger charge is 2.54. The van der Waals surface area contributed by atoms with Gasteiger partial charge in [-0.25, -0.2) is 0 Å². The summed E-state index contributed by atoms with van der Waals surface area (Å²) in [7, 11) is 0. The van der Waals surface area contributed by atoms with Crippen LogP contribution in [0.15, 0.2) is 261 Å². The Kier molecular flexibility index (Phi) is 15.2. The lowest BCUT2D eigenvalue weighted by Crippen LogP contribution is -2.40. The topological polar surface area (TPSA) is 19.7 Å². The van der Waals surface area contributed by atoms with E-state index in [2.05, 4.69) is 307 Å². The number of unbranched alkanes of at least 4 members (excludes halogenated alkanes) is 8. The maximum Gasteiger partial charge on any atom is 0.0561 e. The summed E-state index contributed by atoms with van der Waals surface area (Å²) in [5, 5.41) is 10.5. The van der Waals surface area contributed by atoms with Gasteiger partial charge in [-0.1, -0.05) is 259 Å². The molecule has 0 saturated carbocycles. The van der Waals surface area contributed by atoms with Crippen molar-refractivity contribution in [2.24, 2.45) is 0 Å². The molecule has 0 amide bonds. The van der Waals surface area contributed by atoms with Gasteiger partial charge in [0.25, 0.3) is 0 Å². The Morgan fingerprint density at radius 3 is 1.15 bits per heavy atom. The molecule has 2 aliphatic rings. The van der Waals surface area contributed by atoms with Crippen LogP contribution in [0, 0.1) is 13.8 Å². The lowest BCUT2D eigenvalue weighted by molar-refractivity contribution is 0.301. The van der Waals surface area contributed by atoms with E-state index in [4.69, 9.17) is 0 Å². The molecule has 4 heterocycles. The highest BCUT2D eigenvalue weighted by Crippen LogP contribution is 2.65. The van der Waals surface area contributed by atoms with Crippen LogP contribution >= 0.6 is 0 Å². The lowest BCUT2D eigenvalue weighted by atomic mass is 9.55. The molecule has 0 fully saturated rings. The van der Waals surface area contributed by atoms with E-state index in [0.29, 0.717) is 0 Å². The van der Waals surface area contributed by atoms with Crippen molar-refractivity contribution < 1.29 is 0 Å². The molecule has 3 atom stereocenters. The number of allylic oxidation sites excluding steroid dienone is 4. The first-order valence-electron chi connectivity index (χ1n) is 35.7. The monoisotopic (exact) mass is 1230 g/mol. The Morgan fingerprint density at radius 2 is 0.726 bits per heavy atom. The Morgan fingerprint density at radius 1 is 0.358 bits per heavy atom. The molecule has 0 spiro atoms. The molecule has 95 heavy (non-hydrogen) atoms. The summed E-state index contributed by atoms with van der Waals surface area (Å²) in [5.41, 5.74) is 24.6. The number of aryl methyl sites for hydroxylation is 2. The third-order valence-electron chi connectivity index (χ3n) is 22.2. The predicted octanol–water partition coefficient (Wildman–Crippen LogP) is 25.3. The first-order valence-corrected chi connectivity index (χ1v) is 35.7. The van der Waals surface area contributed by atoms with Gasteiger partial charge in [0.1, 0.15) is 0 Å². The Labute approximate surface area is 559 Å². The zero-order valence-electron chi connectivity index (χ0n) is 55.5. The molecule has 15 aromatic rings. The minimum Gasteiger partial charge on any atom is -0.333 e. The van der Waals surface area contributed by atoms with E-state index in [1.807, 2.05) is 0 Å². The van der Waals surface area contributed by atoms with Crippen LogP contribution in [0.1, 0.15) is 149 Å². The summed E-state index contributed by atoms with van der Waals surface area (Å²) in [6.45, 7) is 9.39. The fourth-order valence-corrected chi connectivity index (χ4v) is 18.0. The number of hydrogen-bond donors (Lipinski definition) is 0. The molecule has 468 valence electrons. The van der Waals surface area contributed by atoms with Gasteiger partial charge >= 0.3 is 0 Å². The molecular weight excluding hydrogens is 1150 g/mol. The second-order valence-electron chi connectivity index (χ2n) is 27.8. The van der Waals surface area contributed by atoms with Gasteiger partial charge in [-0.2, -0.15) is 0 Å². The van der Waals surface area contributed by atoms with Gasteiger partial charge in [-0.15, -0.1) is 0 Å². The number of rotatable bonds is 20. The first kappa shape index (κ1) is 58.9. The summed E-state index contributed by atoms with van der Waals surface area (Å²) in [6.07, 6.45) is 22.8. The van der Waals surface area contributed by atoms with E-state index in [1.54, 1.807) is 0 Å². The van der Waals surface area contributed by atoms with Gasteiger partial charge in [0, 0.05) is 76.6 Å². The van der Waals surface area contributed by atoms with Crippen molar-refractivity contribution in [1.29, 1.82) is 0 Å². The van der Waals surface area contributed by atoms with Gasteiger partial charge < -0.3 is 18.3 Å². The molecular formula is C91H84N4. The van der Waals surface area contributed by atoms with Crippen molar-refractivity contribution in [2.75, 3.05) is 0 Å². The number of aromatic nitrogens is 4. The van der Waals surface area contributed by atoms with Crippen molar-refractivity contribution in [3.63, 3.8) is 0 Å². The number of para-hydroxylation sites is 6. The van der Waals surface area contributed by atoms with Crippen molar-refractivity contribution in [1.82, 2.24) is 18.3 Å². The highest BCUT2D eigenvalue weighted by molar-refractivity contribution is 6.13. The minimum atomic E-state index is -0.407. The molecule has 11 aromatic carbocycles. The van der Waals surface area contributed by atoms with Crippen molar-refractivity contribution >= 4 is 92.9 Å². The number of fused-ring (bicyclic) bond motifs is 15. The second-order valence-corrected chi connectivity index (χ2v) is 27.8. The lowest BCUT2D eigenvalue weighted by Gasteiger charge is -2.47. The number of nitrogens with zero attached hydrogens (tertiary/aromatic N) is 4. The van der Waals surface area contributed by atoms with Crippen molar-refractivity contribution in [3.05, 3.63) is 294 Å². The smallest absolute Gasteiger partial charge is 0.0561 e. The zero-order valence-corrected chi connectivity index (χ0v) is 55.5. The van der Waals surface area contributed by atoms with Crippen molar-refractivity contribution in [3.8, 4) is 22.5 Å². The number of hydrogen-bond acceptors (Lipinski definition) is 0. The zero-order chi connectivity index (χ0) is 63.7. The van der Waals surface area contributed by atoms with Crippen LogP contribution in [0.4, 0.5) is 0 Å². The average Bonchev–Trinajstić information content (AvgIpc) is 1.55. The fraction of sp³-hybridized carbons (Fsp3) is 0.231. The molecule has 0 radical (unpaired) electrons. The summed E-state index contributed by atoms with van der Waals surface area (Å²) in [4.78, 5) is 0. The molecule has 0 saturated heterocycles. The predicted molar refractivity (Wildman–Crippen MR) is 405 cm³/mol. The van der Waals surface area contributed by atoms with E-state index in [1.165, 1.54) is 207 Å². The van der Waals surface area contributed by atoms with Gasteiger partial charge in [-0.3, -0.25) is 0 Å². The standard InChI is InChI=1S/C91H84N4/c1-5-7-9-11-13-33-79(63-43-55-89-77(59-63)75-31-19-25-39-87(75)94(89)67-49-45-65(46-50-67)92-83-35-21-15-27-71(83)72-28-16-22-36-84(72)92)91(81-57-61(3)41-53-69(81)70-54-42-62(4)58-82(70)91)80(34-14-12-10-8-6-2)64-44-56-90-78(60-64)76-32-20-26-40-88(76)95(90)68-51-47-66(48-52-68)93-85-37-23-17-29-73(85)74-30-18-24-38-86(74)93/h15-32,35-47,49-60,66,79-80H,5-14,33-34,48H2,1-4H3. The van der Waals surface area contributed by atoms with Gasteiger partial charge in [0.15, 0.2) is 0 Å². The average molecular weight is 1230 g/mol. The SMILES string of the molecule is CCCCCCCC(c1ccc2c(c1)c1ccccc1n2C1=CCC(n2c3ccccc3c3ccccc32)C=C1)C1(C(CCCCCCC)c2ccc3c(c2)c2ccccc2n3-c2ccc(-n3c4ccccc4c4ccccc43)cc2)c2cc(C)ccc2-c2ccc(C)cc21. The highest BCUT2D eigenvalue weighted by atomic mass is 15.0. The van der Waals surface area contributed by atoms with Crippen LogP contribution in [0.25, 0.3) is 115 Å². The Hall–Kier alpha value is -9.90. The van der Waals surface area contributed by atoms with Crippen LogP contribution < -0.4 is 0 Å². The Bertz CT molecular complexity index is 5340. The summed E-state index contributed by atoms with van der Waals surface area (Å²) in [6, 6.07) is 94.1. The van der Waals surface area contributed by atoms with Crippen LogP contribution in [0.3, 0.4) is 0 Å². The molecule has 4 heteroatoms. The second kappa shape index (κ2) is 24.5. The van der Waals surface area contributed by atoms with Gasteiger partial charge in [-0.05, 0) is 169 Å². The number of benzene rings is 11. The van der Waals surface area contributed by atoms with E-state index in [-0.39, 0.29) is 17.9 Å². The Balaban J connectivity index is 0.842. The van der Waals surface area contributed by atoms with E-state index < -0.39 is 5.41 Å². The molecule has 2 aliphatic carbocycles. The minimum absolute atomic E-state index is 0.155. The quantitative estimate of drug-likeness (QED) is 0.0678. The normalized spacial score (nSPS) is 15.1. The first-order chi connectivity index (χ1) is 46.9. The molecule has 0 bridgehead atoms. The third kappa shape index (κ3) is 9.67. The maximum absolute atomic E-state index is 2.69. The van der Waals surface area contributed by atoms with E-state index in [9.17, 15) is 0 Å². The molecule has 4 nitrogen and oxygen atoms in total. The molecule has 0 N–H and O–H groups in total.